The number of anilines is 1. The van der Waals surface area contributed by atoms with Gasteiger partial charge >= 0.3 is 0 Å². The fraction of sp³-hybridized carbons (Fsp3) is 0.462. The topological polar surface area (TPSA) is 98.8 Å². The standard InChI is InChI=1S/C26H36N4O4S/c1-19(2)25(26(32)27-14-8-15-29(4)18-21-9-6-5-7-10-21)28-35(33,34)23-11-12-24-22(17-23)13-16-30(24)20(3)31/h5-7,9-12,17,19,25,28H,8,13-16,18H2,1-4H3,(H,27,32). The van der Waals surface area contributed by atoms with E-state index in [-0.39, 0.29) is 22.6 Å². The number of carbonyl (C=O) groups excluding carboxylic acids is 2. The molecule has 2 amide bonds. The highest BCUT2D eigenvalue weighted by Gasteiger charge is 2.30. The second-order valence-corrected chi connectivity index (χ2v) is 11.1. The number of sulfonamides is 1. The largest absolute Gasteiger partial charge is 0.355 e. The predicted octanol–water partition coefficient (Wildman–Crippen LogP) is 2.54. The molecule has 35 heavy (non-hydrogen) atoms. The molecule has 1 aliphatic rings. The van der Waals surface area contributed by atoms with Crippen LogP contribution in [0, 0.1) is 5.92 Å². The van der Waals surface area contributed by atoms with Gasteiger partial charge in [0, 0.05) is 32.2 Å². The van der Waals surface area contributed by atoms with E-state index in [0.717, 1.165) is 30.8 Å². The van der Waals surface area contributed by atoms with Crippen molar-refractivity contribution in [1.29, 1.82) is 0 Å². The predicted molar refractivity (Wildman–Crippen MR) is 138 cm³/mol. The Morgan fingerprint density at radius 1 is 1.11 bits per heavy atom. The van der Waals surface area contributed by atoms with Crippen LogP contribution in [-0.2, 0) is 32.6 Å². The van der Waals surface area contributed by atoms with Crippen LogP contribution in [0.3, 0.4) is 0 Å². The van der Waals surface area contributed by atoms with Crippen molar-refractivity contribution in [3.05, 3.63) is 59.7 Å². The molecule has 2 aromatic rings. The first-order valence-electron chi connectivity index (χ1n) is 12.0. The Morgan fingerprint density at radius 2 is 1.83 bits per heavy atom. The summed E-state index contributed by atoms with van der Waals surface area (Å²) in [6, 6.07) is 14.0. The molecule has 0 aliphatic carbocycles. The average molecular weight is 501 g/mol. The van der Waals surface area contributed by atoms with Crippen LogP contribution >= 0.6 is 0 Å². The van der Waals surface area contributed by atoms with Crippen molar-refractivity contribution in [2.45, 2.75) is 51.1 Å². The first-order valence-corrected chi connectivity index (χ1v) is 13.5. The third kappa shape index (κ3) is 7.13. The molecule has 8 nitrogen and oxygen atoms in total. The van der Waals surface area contributed by atoms with Gasteiger partial charge < -0.3 is 15.1 Å². The summed E-state index contributed by atoms with van der Waals surface area (Å²) < 4.78 is 28.7. The number of benzene rings is 2. The molecular formula is C26H36N4O4S. The number of rotatable bonds is 11. The van der Waals surface area contributed by atoms with E-state index >= 15 is 0 Å². The minimum absolute atomic E-state index is 0.0692. The van der Waals surface area contributed by atoms with Crippen molar-refractivity contribution < 1.29 is 18.0 Å². The zero-order valence-corrected chi connectivity index (χ0v) is 21.8. The summed E-state index contributed by atoms with van der Waals surface area (Å²) in [6.45, 7) is 7.76. The molecule has 0 radical (unpaired) electrons. The summed E-state index contributed by atoms with van der Waals surface area (Å²) in [5.74, 6) is -0.633. The third-order valence-electron chi connectivity index (χ3n) is 6.18. The van der Waals surface area contributed by atoms with E-state index in [9.17, 15) is 18.0 Å². The van der Waals surface area contributed by atoms with E-state index in [0.29, 0.717) is 19.5 Å². The second kappa shape index (κ2) is 11.8. The lowest BCUT2D eigenvalue weighted by Gasteiger charge is -2.22. The number of hydrogen-bond donors (Lipinski definition) is 2. The second-order valence-electron chi connectivity index (χ2n) is 9.42. The summed E-state index contributed by atoms with van der Waals surface area (Å²) in [7, 11) is -1.88. The number of hydrogen-bond acceptors (Lipinski definition) is 5. The van der Waals surface area contributed by atoms with E-state index in [1.165, 1.54) is 18.6 Å². The Labute approximate surface area is 208 Å². The molecule has 1 unspecified atom stereocenters. The van der Waals surface area contributed by atoms with Crippen molar-refractivity contribution in [2.75, 3.05) is 31.6 Å². The van der Waals surface area contributed by atoms with Gasteiger partial charge in [-0.1, -0.05) is 44.2 Å². The minimum Gasteiger partial charge on any atom is -0.355 e. The van der Waals surface area contributed by atoms with Gasteiger partial charge in [-0.3, -0.25) is 9.59 Å². The van der Waals surface area contributed by atoms with Crippen molar-refractivity contribution in [2.24, 2.45) is 5.92 Å². The molecule has 0 aromatic heterocycles. The number of nitrogens with one attached hydrogen (secondary N) is 2. The van der Waals surface area contributed by atoms with Gasteiger partial charge in [-0.25, -0.2) is 8.42 Å². The smallest absolute Gasteiger partial charge is 0.241 e. The molecule has 0 fully saturated rings. The maximum atomic E-state index is 13.1. The Hall–Kier alpha value is -2.75. The zero-order valence-electron chi connectivity index (χ0n) is 21.0. The highest BCUT2D eigenvalue weighted by Crippen LogP contribution is 2.30. The molecule has 1 heterocycles. The van der Waals surface area contributed by atoms with Crippen LogP contribution in [0.2, 0.25) is 0 Å². The summed E-state index contributed by atoms with van der Waals surface area (Å²) in [4.78, 5) is 28.5. The van der Waals surface area contributed by atoms with Crippen LogP contribution in [0.25, 0.3) is 0 Å². The zero-order chi connectivity index (χ0) is 25.6. The van der Waals surface area contributed by atoms with Gasteiger partial charge in [0.25, 0.3) is 0 Å². The average Bonchev–Trinajstić information content (AvgIpc) is 3.24. The van der Waals surface area contributed by atoms with Gasteiger partial charge in [0.2, 0.25) is 21.8 Å². The van der Waals surface area contributed by atoms with Crippen LogP contribution in [0.15, 0.2) is 53.4 Å². The lowest BCUT2D eigenvalue weighted by molar-refractivity contribution is -0.123. The number of amides is 2. The van der Waals surface area contributed by atoms with E-state index in [4.69, 9.17) is 0 Å². The summed E-state index contributed by atoms with van der Waals surface area (Å²) in [6.07, 6.45) is 1.36. The van der Waals surface area contributed by atoms with Crippen molar-refractivity contribution in [3.63, 3.8) is 0 Å². The molecule has 1 aliphatic heterocycles. The number of fused-ring (bicyclic) bond motifs is 1. The van der Waals surface area contributed by atoms with Gasteiger partial charge in [0.05, 0.1) is 4.90 Å². The van der Waals surface area contributed by atoms with E-state index in [1.54, 1.807) is 17.0 Å². The normalized spacial score (nSPS) is 14.3. The molecule has 0 spiro atoms. The Kier molecular flexibility index (Phi) is 9.04. The first-order chi connectivity index (χ1) is 16.6. The molecule has 0 saturated heterocycles. The van der Waals surface area contributed by atoms with Crippen LogP contribution in [0.5, 0.6) is 0 Å². The molecule has 2 aromatic carbocycles. The SMILES string of the molecule is CC(=O)N1CCc2cc(S(=O)(=O)NC(C(=O)NCCCN(C)Cc3ccccc3)C(C)C)ccc21. The highest BCUT2D eigenvalue weighted by molar-refractivity contribution is 7.89. The monoisotopic (exact) mass is 500 g/mol. The van der Waals surface area contributed by atoms with Crippen LogP contribution in [-0.4, -0.2) is 57.9 Å². The van der Waals surface area contributed by atoms with E-state index in [2.05, 4.69) is 27.1 Å². The van der Waals surface area contributed by atoms with E-state index in [1.807, 2.05) is 39.1 Å². The molecule has 0 saturated carbocycles. The van der Waals surface area contributed by atoms with Gasteiger partial charge in [0.15, 0.2) is 0 Å². The van der Waals surface area contributed by atoms with Crippen molar-refractivity contribution in [3.8, 4) is 0 Å². The highest BCUT2D eigenvalue weighted by atomic mass is 32.2. The minimum atomic E-state index is -3.91. The number of nitrogens with zero attached hydrogens (tertiary/aromatic N) is 2. The lowest BCUT2D eigenvalue weighted by Crippen LogP contribution is -2.49. The molecule has 2 N–H and O–H groups in total. The maximum absolute atomic E-state index is 13.1. The molecule has 1 atom stereocenters. The summed E-state index contributed by atoms with van der Waals surface area (Å²) in [5.41, 5.74) is 2.79. The van der Waals surface area contributed by atoms with Crippen LogP contribution < -0.4 is 14.9 Å². The number of carbonyl (C=O) groups is 2. The molecule has 3 rings (SSSR count). The van der Waals surface area contributed by atoms with Gasteiger partial charge in [0.1, 0.15) is 6.04 Å². The summed E-state index contributed by atoms with van der Waals surface area (Å²) >= 11 is 0. The summed E-state index contributed by atoms with van der Waals surface area (Å²) in [5, 5.41) is 2.88. The van der Waals surface area contributed by atoms with Gasteiger partial charge in [-0.15, -0.1) is 0 Å². The van der Waals surface area contributed by atoms with E-state index < -0.39 is 16.1 Å². The van der Waals surface area contributed by atoms with Crippen molar-refractivity contribution >= 4 is 27.5 Å². The Morgan fingerprint density at radius 3 is 2.49 bits per heavy atom. The lowest BCUT2D eigenvalue weighted by atomic mass is 10.1. The Bertz CT molecular complexity index is 1140. The fourth-order valence-electron chi connectivity index (χ4n) is 4.24. The molecule has 0 bridgehead atoms. The third-order valence-corrected chi connectivity index (χ3v) is 7.62. The quantitative estimate of drug-likeness (QED) is 0.462. The first kappa shape index (κ1) is 26.8. The molecular weight excluding hydrogens is 464 g/mol. The maximum Gasteiger partial charge on any atom is 0.241 e. The Balaban J connectivity index is 1.55. The van der Waals surface area contributed by atoms with Crippen LogP contribution in [0.4, 0.5) is 5.69 Å². The molecule has 190 valence electrons. The van der Waals surface area contributed by atoms with Crippen LogP contribution in [0.1, 0.15) is 38.3 Å². The van der Waals surface area contributed by atoms with Gasteiger partial charge in [-0.05, 0) is 61.7 Å². The van der Waals surface area contributed by atoms with Crippen molar-refractivity contribution in [1.82, 2.24) is 14.9 Å². The molecule has 9 heteroatoms. The van der Waals surface area contributed by atoms with Gasteiger partial charge in [-0.2, -0.15) is 4.72 Å². The fourth-order valence-corrected chi connectivity index (χ4v) is 5.64.